The fourth-order valence-corrected chi connectivity index (χ4v) is 6.72. The predicted octanol–water partition coefficient (Wildman–Crippen LogP) is 6.26. The van der Waals surface area contributed by atoms with Gasteiger partial charge in [-0.2, -0.15) is 0 Å². The van der Waals surface area contributed by atoms with Gasteiger partial charge in [-0.25, -0.2) is 8.42 Å². The molecule has 0 saturated carbocycles. The smallest absolute Gasteiger partial charge is 0.264 e. The van der Waals surface area contributed by atoms with Crippen molar-refractivity contribution in [1.29, 1.82) is 0 Å². The number of methoxy groups -OCH3 is 1. The SMILES string of the molecule is COc1ccc(N(CC(=O)N(Cc2cccc(C)c2)C(Cc2ccccc2)C(=O)NCC(C)C)S(=O)(=O)c2ccccc2)cc1Cl. The molecule has 46 heavy (non-hydrogen) atoms. The van der Waals surface area contributed by atoms with Gasteiger partial charge < -0.3 is 15.0 Å². The van der Waals surface area contributed by atoms with Crippen molar-refractivity contribution in [3.63, 3.8) is 0 Å². The summed E-state index contributed by atoms with van der Waals surface area (Å²) in [4.78, 5) is 29.9. The highest BCUT2D eigenvalue weighted by molar-refractivity contribution is 7.92. The van der Waals surface area contributed by atoms with E-state index in [0.717, 1.165) is 21.0 Å². The average molecular weight is 662 g/mol. The van der Waals surface area contributed by atoms with Crippen LogP contribution < -0.4 is 14.4 Å². The summed E-state index contributed by atoms with van der Waals surface area (Å²) in [5, 5.41) is 3.19. The molecule has 8 nitrogen and oxygen atoms in total. The van der Waals surface area contributed by atoms with Gasteiger partial charge in [0.15, 0.2) is 0 Å². The van der Waals surface area contributed by atoms with Crippen LogP contribution in [-0.4, -0.2) is 51.4 Å². The van der Waals surface area contributed by atoms with Crippen molar-refractivity contribution >= 4 is 39.1 Å². The molecular formula is C36H40ClN3O5S. The molecule has 0 aliphatic rings. The van der Waals surface area contributed by atoms with Gasteiger partial charge in [0.25, 0.3) is 10.0 Å². The van der Waals surface area contributed by atoms with Gasteiger partial charge >= 0.3 is 0 Å². The Bertz CT molecular complexity index is 1730. The van der Waals surface area contributed by atoms with Gasteiger partial charge in [-0.05, 0) is 54.3 Å². The second-order valence-electron chi connectivity index (χ2n) is 11.5. The van der Waals surface area contributed by atoms with Crippen LogP contribution >= 0.6 is 11.6 Å². The summed E-state index contributed by atoms with van der Waals surface area (Å²) in [7, 11) is -2.78. The van der Waals surface area contributed by atoms with Crippen molar-refractivity contribution < 1.29 is 22.7 Å². The summed E-state index contributed by atoms with van der Waals surface area (Å²) in [5.41, 5.74) is 2.86. The van der Waals surface area contributed by atoms with Gasteiger partial charge in [0, 0.05) is 19.5 Å². The zero-order valence-electron chi connectivity index (χ0n) is 26.5. The summed E-state index contributed by atoms with van der Waals surface area (Å²) in [6.07, 6.45) is 0.238. The van der Waals surface area contributed by atoms with Crippen molar-refractivity contribution in [3.05, 3.63) is 125 Å². The molecule has 0 aromatic heterocycles. The molecule has 4 aromatic rings. The first-order chi connectivity index (χ1) is 22.0. The lowest BCUT2D eigenvalue weighted by molar-refractivity contribution is -0.140. The number of anilines is 1. The van der Waals surface area contributed by atoms with Gasteiger partial charge in [0.1, 0.15) is 18.3 Å². The maximum Gasteiger partial charge on any atom is 0.264 e. The van der Waals surface area contributed by atoms with E-state index in [1.54, 1.807) is 30.3 Å². The number of hydrogen-bond acceptors (Lipinski definition) is 5. The zero-order valence-corrected chi connectivity index (χ0v) is 28.1. The third kappa shape index (κ3) is 8.89. The van der Waals surface area contributed by atoms with Crippen LogP contribution in [0.15, 0.2) is 108 Å². The van der Waals surface area contributed by atoms with Crippen LogP contribution in [0.2, 0.25) is 5.02 Å². The molecular weight excluding hydrogens is 622 g/mol. The Morgan fingerprint density at radius 3 is 2.13 bits per heavy atom. The minimum absolute atomic E-state index is 0.00971. The van der Waals surface area contributed by atoms with Crippen LogP contribution in [0.1, 0.15) is 30.5 Å². The van der Waals surface area contributed by atoms with Crippen molar-refractivity contribution in [3.8, 4) is 5.75 Å². The van der Waals surface area contributed by atoms with Gasteiger partial charge in [0.05, 0.1) is 22.7 Å². The fraction of sp³-hybridized carbons (Fsp3) is 0.278. The Morgan fingerprint density at radius 2 is 1.52 bits per heavy atom. The first kappa shape index (κ1) is 34.5. The zero-order chi connectivity index (χ0) is 33.3. The largest absolute Gasteiger partial charge is 0.495 e. The molecule has 4 rings (SSSR count). The highest BCUT2D eigenvalue weighted by Gasteiger charge is 2.35. The summed E-state index contributed by atoms with van der Waals surface area (Å²) < 4.78 is 34.6. The van der Waals surface area contributed by atoms with Gasteiger partial charge in [-0.1, -0.05) is 104 Å². The second-order valence-corrected chi connectivity index (χ2v) is 13.8. The van der Waals surface area contributed by atoms with E-state index in [1.165, 1.54) is 30.2 Å². The minimum atomic E-state index is -4.24. The maximum absolute atomic E-state index is 14.6. The highest BCUT2D eigenvalue weighted by Crippen LogP contribution is 2.32. The second kappa shape index (κ2) is 15.8. The molecule has 1 N–H and O–H groups in total. The highest BCUT2D eigenvalue weighted by atomic mass is 35.5. The Morgan fingerprint density at radius 1 is 0.870 bits per heavy atom. The number of benzene rings is 4. The molecule has 0 aliphatic heterocycles. The monoisotopic (exact) mass is 661 g/mol. The van der Waals surface area contributed by atoms with Crippen LogP contribution in [0.4, 0.5) is 5.69 Å². The first-order valence-electron chi connectivity index (χ1n) is 15.1. The lowest BCUT2D eigenvalue weighted by atomic mass is 10.0. The summed E-state index contributed by atoms with van der Waals surface area (Å²) in [5.74, 6) is -0.315. The average Bonchev–Trinajstić information content (AvgIpc) is 3.04. The molecule has 4 aromatic carbocycles. The number of carbonyl (C=O) groups is 2. The molecule has 0 bridgehead atoms. The molecule has 0 aliphatic carbocycles. The van der Waals surface area contributed by atoms with Gasteiger partial charge in [-0.3, -0.25) is 13.9 Å². The lowest BCUT2D eigenvalue weighted by Gasteiger charge is -2.34. The Balaban J connectivity index is 1.81. The number of hydrogen-bond donors (Lipinski definition) is 1. The normalized spacial score (nSPS) is 12.0. The molecule has 0 spiro atoms. The number of nitrogens with one attached hydrogen (secondary N) is 1. The van der Waals surface area contributed by atoms with Crippen LogP contribution in [-0.2, 0) is 32.6 Å². The summed E-state index contributed by atoms with van der Waals surface area (Å²) in [6, 6.07) is 28.7. The molecule has 0 radical (unpaired) electrons. The Labute approximate surface area is 277 Å². The van der Waals surface area contributed by atoms with E-state index in [4.69, 9.17) is 16.3 Å². The number of carbonyl (C=O) groups excluding carboxylic acids is 2. The number of rotatable bonds is 14. The molecule has 10 heteroatoms. The number of ether oxygens (including phenoxy) is 1. The van der Waals surface area contributed by atoms with Crippen LogP contribution in [0.25, 0.3) is 0 Å². The maximum atomic E-state index is 14.6. The topological polar surface area (TPSA) is 96.0 Å². The van der Waals surface area contributed by atoms with E-state index in [1.807, 2.05) is 75.4 Å². The summed E-state index contributed by atoms with van der Waals surface area (Å²) in [6.45, 7) is 5.89. The number of sulfonamides is 1. The number of aryl methyl sites for hydroxylation is 1. The summed E-state index contributed by atoms with van der Waals surface area (Å²) >= 11 is 6.44. The van der Waals surface area contributed by atoms with Crippen molar-refractivity contribution in [2.45, 2.75) is 44.7 Å². The Kier molecular flexibility index (Phi) is 11.8. The molecule has 242 valence electrons. The molecule has 0 saturated heterocycles. The molecule has 1 atom stereocenters. The van der Waals surface area contributed by atoms with E-state index in [9.17, 15) is 18.0 Å². The molecule has 0 fully saturated rings. The predicted molar refractivity (Wildman–Crippen MR) is 182 cm³/mol. The van der Waals surface area contributed by atoms with E-state index < -0.39 is 28.5 Å². The number of halogens is 1. The van der Waals surface area contributed by atoms with E-state index in [2.05, 4.69) is 5.32 Å². The van der Waals surface area contributed by atoms with Crippen molar-refractivity contribution in [2.75, 3.05) is 24.5 Å². The molecule has 2 amide bonds. The third-order valence-electron chi connectivity index (χ3n) is 7.42. The first-order valence-corrected chi connectivity index (χ1v) is 16.9. The van der Waals surface area contributed by atoms with E-state index in [0.29, 0.717) is 12.3 Å². The van der Waals surface area contributed by atoms with Crippen LogP contribution in [0.5, 0.6) is 5.75 Å². The minimum Gasteiger partial charge on any atom is -0.495 e. The van der Waals surface area contributed by atoms with Gasteiger partial charge in [0.2, 0.25) is 11.8 Å². The van der Waals surface area contributed by atoms with E-state index in [-0.39, 0.29) is 40.4 Å². The Hall–Kier alpha value is -4.34. The molecule has 1 unspecified atom stereocenters. The number of nitrogens with zero attached hydrogens (tertiary/aromatic N) is 2. The van der Waals surface area contributed by atoms with Crippen LogP contribution in [0, 0.1) is 12.8 Å². The van der Waals surface area contributed by atoms with Crippen LogP contribution in [0.3, 0.4) is 0 Å². The standard InChI is InChI=1S/C36H40ClN3O5S/c1-26(2)23-38-36(42)33(21-28-13-7-5-8-14-28)39(24-29-15-11-12-27(3)20-29)35(41)25-40(30-18-19-34(45-4)32(37)22-30)46(43,44)31-16-9-6-10-17-31/h5-20,22,26,33H,21,23-25H2,1-4H3,(H,38,42). The fourth-order valence-electron chi connectivity index (χ4n) is 5.04. The quantitative estimate of drug-likeness (QED) is 0.172. The van der Waals surface area contributed by atoms with Crippen molar-refractivity contribution in [2.24, 2.45) is 5.92 Å². The van der Waals surface area contributed by atoms with E-state index >= 15 is 0 Å². The van der Waals surface area contributed by atoms with Crippen molar-refractivity contribution in [1.82, 2.24) is 10.2 Å². The molecule has 0 heterocycles. The van der Waals surface area contributed by atoms with Gasteiger partial charge in [-0.15, -0.1) is 0 Å². The lowest BCUT2D eigenvalue weighted by Crippen LogP contribution is -2.53. The number of amides is 2. The third-order valence-corrected chi connectivity index (χ3v) is 9.51.